The summed E-state index contributed by atoms with van der Waals surface area (Å²) >= 11 is 0. The van der Waals surface area contributed by atoms with Crippen LogP contribution < -0.4 is 10.4 Å². The van der Waals surface area contributed by atoms with Gasteiger partial charge in [-0.1, -0.05) is 0 Å². The van der Waals surface area contributed by atoms with Crippen molar-refractivity contribution in [1.82, 2.24) is 5.48 Å². The summed E-state index contributed by atoms with van der Waals surface area (Å²) in [5, 5.41) is 11.0. The Kier molecular flexibility index (Phi) is 4.47. The van der Waals surface area contributed by atoms with Gasteiger partial charge in [0.05, 0.1) is 17.4 Å². The van der Waals surface area contributed by atoms with E-state index in [0.29, 0.717) is 13.0 Å². The average Bonchev–Trinajstić information content (AvgIpc) is 2.58. The normalized spacial score (nSPS) is 22.9. The highest BCUT2D eigenvalue weighted by Crippen LogP contribution is 2.39. The van der Waals surface area contributed by atoms with Crippen LogP contribution in [0.3, 0.4) is 0 Å². The van der Waals surface area contributed by atoms with E-state index in [0.717, 1.165) is 37.1 Å². The van der Waals surface area contributed by atoms with Crippen molar-refractivity contribution < 1.29 is 14.6 Å². The van der Waals surface area contributed by atoms with Crippen molar-refractivity contribution in [2.75, 3.05) is 18.1 Å². The number of carbonyl (C=O) groups excluding carboxylic acids is 1. The molecule has 0 aromatic heterocycles. The van der Waals surface area contributed by atoms with Gasteiger partial charge in [-0.25, -0.2) is 5.48 Å². The van der Waals surface area contributed by atoms with E-state index in [1.165, 1.54) is 0 Å². The zero-order valence-electron chi connectivity index (χ0n) is 13.2. The molecule has 0 unspecified atom stereocenters. The van der Waals surface area contributed by atoms with Gasteiger partial charge >= 0.3 is 0 Å². The van der Waals surface area contributed by atoms with Gasteiger partial charge < -0.3 is 4.90 Å². The highest BCUT2D eigenvalue weighted by atomic mass is 16.6. The fourth-order valence-electron chi connectivity index (χ4n) is 3.66. The van der Waals surface area contributed by atoms with Crippen molar-refractivity contribution in [3.05, 3.63) is 33.9 Å². The van der Waals surface area contributed by atoms with Crippen LogP contribution in [0.5, 0.6) is 0 Å². The highest BCUT2D eigenvalue weighted by molar-refractivity contribution is 5.81. The van der Waals surface area contributed by atoms with Gasteiger partial charge in [0.1, 0.15) is 0 Å². The molecule has 3 rings (SSSR count). The lowest BCUT2D eigenvalue weighted by Crippen LogP contribution is -2.53. The van der Waals surface area contributed by atoms with Crippen molar-refractivity contribution in [2.45, 2.75) is 38.6 Å². The Morgan fingerprint density at radius 3 is 3.04 bits per heavy atom. The molecule has 0 bridgehead atoms. The van der Waals surface area contributed by atoms with Crippen LogP contribution in [0.25, 0.3) is 0 Å². The molecular weight excluding hydrogens is 298 g/mol. The molecule has 23 heavy (non-hydrogen) atoms. The van der Waals surface area contributed by atoms with Gasteiger partial charge in [-0.15, -0.1) is 0 Å². The summed E-state index contributed by atoms with van der Waals surface area (Å²) in [6, 6.07) is 5.10. The Morgan fingerprint density at radius 2 is 2.30 bits per heavy atom. The molecule has 0 radical (unpaired) electrons. The first kappa shape index (κ1) is 15.7. The molecule has 0 spiro atoms. The lowest BCUT2D eigenvalue weighted by atomic mass is 9.80. The fourth-order valence-corrected chi connectivity index (χ4v) is 3.66. The van der Waals surface area contributed by atoms with E-state index in [1.807, 2.05) is 13.0 Å². The molecule has 1 aromatic carbocycles. The summed E-state index contributed by atoms with van der Waals surface area (Å²) in [5.74, 6) is -0.378. The van der Waals surface area contributed by atoms with E-state index in [4.69, 9.17) is 4.84 Å². The molecule has 1 aromatic rings. The van der Waals surface area contributed by atoms with E-state index in [2.05, 4.69) is 10.4 Å². The van der Waals surface area contributed by atoms with Crippen LogP contribution in [0.4, 0.5) is 11.4 Å². The summed E-state index contributed by atoms with van der Waals surface area (Å²) in [6.07, 6.45) is 3.65. The number of hydrogen-bond donors (Lipinski definition) is 1. The van der Waals surface area contributed by atoms with Gasteiger partial charge in [-0.05, 0) is 44.2 Å². The smallest absolute Gasteiger partial charge is 0.269 e. The van der Waals surface area contributed by atoms with Crippen LogP contribution in [-0.4, -0.2) is 30.0 Å². The fraction of sp³-hybridized carbons (Fsp3) is 0.562. The number of benzene rings is 1. The standard InChI is InChI=1S/C16H21N3O4/c1-2-23-17-16(20)13-10-11-9-12(19(21)22)6-7-14(11)18-8-4-3-5-15(13)18/h6-7,9,13,15H,2-5,8,10H2,1H3,(H,17,20)/t13-,15+/m0/s1. The summed E-state index contributed by atoms with van der Waals surface area (Å²) in [7, 11) is 0. The highest BCUT2D eigenvalue weighted by Gasteiger charge is 2.40. The third-order valence-corrected chi connectivity index (χ3v) is 4.69. The average molecular weight is 319 g/mol. The maximum atomic E-state index is 12.4. The number of anilines is 1. The molecular formula is C16H21N3O4. The van der Waals surface area contributed by atoms with Gasteiger partial charge in [0.2, 0.25) is 5.91 Å². The van der Waals surface area contributed by atoms with Crippen molar-refractivity contribution in [2.24, 2.45) is 5.92 Å². The Morgan fingerprint density at radius 1 is 1.48 bits per heavy atom. The number of non-ortho nitro benzene ring substituents is 1. The number of hydroxylamine groups is 1. The van der Waals surface area contributed by atoms with E-state index < -0.39 is 4.92 Å². The quantitative estimate of drug-likeness (QED) is 0.679. The number of nitrogens with zero attached hydrogens (tertiary/aromatic N) is 2. The van der Waals surface area contributed by atoms with Crippen molar-refractivity contribution in [1.29, 1.82) is 0 Å². The first-order valence-electron chi connectivity index (χ1n) is 8.07. The first-order chi connectivity index (χ1) is 11.1. The molecule has 124 valence electrons. The zero-order valence-corrected chi connectivity index (χ0v) is 13.2. The number of hydrogen-bond acceptors (Lipinski definition) is 5. The van der Waals surface area contributed by atoms with Crippen LogP contribution in [0.1, 0.15) is 31.7 Å². The Labute approximate surface area is 134 Å². The molecule has 1 saturated heterocycles. The van der Waals surface area contributed by atoms with Crippen LogP contribution in [0.15, 0.2) is 18.2 Å². The minimum absolute atomic E-state index is 0.0724. The first-order valence-corrected chi connectivity index (χ1v) is 8.07. The van der Waals surface area contributed by atoms with E-state index in [9.17, 15) is 14.9 Å². The molecule has 2 heterocycles. The SMILES string of the molecule is CCONC(=O)[C@H]1Cc2cc([N+](=O)[O-])ccc2N2CCCC[C@H]12. The van der Waals surface area contributed by atoms with E-state index >= 15 is 0 Å². The number of piperidine rings is 1. The number of fused-ring (bicyclic) bond motifs is 3. The molecule has 2 aliphatic rings. The number of amides is 1. The van der Waals surface area contributed by atoms with Gasteiger partial charge in [0.25, 0.3) is 5.69 Å². The molecule has 7 heteroatoms. The third-order valence-electron chi connectivity index (χ3n) is 4.69. The largest absolute Gasteiger partial charge is 0.368 e. The van der Waals surface area contributed by atoms with Gasteiger partial charge in [0.15, 0.2) is 0 Å². The van der Waals surface area contributed by atoms with Gasteiger partial charge in [0, 0.05) is 30.4 Å². The molecule has 7 nitrogen and oxygen atoms in total. The van der Waals surface area contributed by atoms with Crippen molar-refractivity contribution in [3.8, 4) is 0 Å². The number of carbonyl (C=O) groups is 1. The monoisotopic (exact) mass is 319 g/mol. The summed E-state index contributed by atoms with van der Waals surface area (Å²) in [6.45, 7) is 3.11. The van der Waals surface area contributed by atoms with E-state index in [1.54, 1.807) is 12.1 Å². The molecule has 0 aliphatic carbocycles. The summed E-state index contributed by atoms with van der Waals surface area (Å²) in [5.41, 5.74) is 4.47. The lowest BCUT2D eigenvalue weighted by molar-refractivity contribution is -0.384. The number of nitro groups is 1. The molecule has 2 atom stereocenters. The number of nitrogens with one attached hydrogen (secondary N) is 1. The lowest BCUT2D eigenvalue weighted by Gasteiger charge is -2.45. The van der Waals surface area contributed by atoms with Crippen LogP contribution >= 0.6 is 0 Å². The van der Waals surface area contributed by atoms with Crippen LogP contribution in [0.2, 0.25) is 0 Å². The van der Waals surface area contributed by atoms with Crippen LogP contribution in [0, 0.1) is 16.0 Å². The Balaban J connectivity index is 1.93. The molecule has 1 N–H and O–H groups in total. The van der Waals surface area contributed by atoms with Gasteiger partial charge in [-0.3, -0.25) is 19.7 Å². The minimum Gasteiger partial charge on any atom is -0.368 e. The summed E-state index contributed by atoms with van der Waals surface area (Å²) < 4.78 is 0. The molecule has 2 aliphatic heterocycles. The topological polar surface area (TPSA) is 84.7 Å². The second kappa shape index (κ2) is 6.54. The van der Waals surface area contributed by atoms with Crippen LogP contribution in [-0.2, 0) is 16.1 Å². The minimum atomic E-state index is -0.391. The maximum Gasteiger partial charge on any atom is 0.269 e. The van der Waals surface area contributed by atoms with Gasteiger partial charge in [-0.2, -0.15) is 0 Å². The second-order valence-electron chi connectivity index (χ2n) is 6.04. The molecule has 1 fully saturated rings. The van der Waals surface area contributed by atoms with Crippen molar-refractivity contribution in [3.63, 3.8) is 0 Å². The Hall–Kier alpha value is -2.15. The summed E-state index contributed by atoms with van der Waals surface area (Å²) in [4.78, 5) is 30.4. The predicted molar refractivity (Wildman–Crippen MR) is 85.0 cm³/mol. The van der Waals surface area contributed by atoms with Crippen molar-refractivity contribution >= 4 is 17.3 Å². The van der Waals surface area contributed by atoms with E-state index in [-0.39, 0.29) is 23.6 Å². The number of nitro benzene ring substituents is 1. The maximum absolute atomic E-state index is 12.4. The molecule has 1 amide bonds. The molecule has 0 saturated carbocycles. The third kappa shape index (κ3) is 3.01. The second-order valence-corrected chi connectivity index (χ2v) is 6.04. The Bertz CT molecular complexity index is 619. The predicted octanol–water partition coefficient (Wildman–Crippen LogP) is 2.19. The zero-order chi connectivity index (χ0) is 16.4. The number of rotatable bonds is 4.